The third-order valence-electron chi connectivity index (χ3n) is 4.73. The number of methoxy groups -OCH3 is 1. The topological polar surface area (TPSA) is 56.3 Å². The van der Waals surface area contributed by atoms with Gasteiger partial charge in [-0.25, -0.2) is 4.39 Å². The molecule has 0 spiro atoms. The summed E-state index contributed by atoms with van der Waals surface area (Å²) in [4.78, 5) is 2.41. The van der Waals surface area contributed by atoms with Crippen LogP contribution < -0.4 is 5.73 Å². The maximum atomic E-state index is 13.0. The molecule has 2 N–H and O–H groups in total. The summed E-state index contributed by atoms with van der Waals surface area (Å²) in [7, 11) is 1.77. The number of nitrogens with two attached hydrogens (primary N) is 1. The lowest BCUT2D eigenvalue weighted by Crippen LogP contribution is -2.47. The van der Waals surface area contributed by atoms with E-state index in [0.29, 0.717) is 25.2 Å². The van der Waals surface area contributed by atoms with Gasteiger partial charge in [0.2, 0.25) is 0 Å². The average molecular weight is 369 g/mol. The molecule has 7 heteroatoms. The lowest BCUT2D eigenvalue weighted by molar-refractivity contribution is 0.0102. The minimum Gasteiger partial charge on any atom is -0.381 e. The molecule has 5 nitrogen and oxygen atoms in total. The predicted octanol–water partition coefficient (Wildman–Crippen LogP) is 2.43. The van der Waals surface area contributed by atoms with E-state index in [2.05, 4.69) is 16.2 Å². The largest absolute Gasteiger partial charge is 0.381 e. The molecule has 1 fully saturated rings. The first kappa shape index (κ1) is 19.8. The first-order chi connectivity index (χ1) is 11.7. The first-order valence-corrected chi connectivity index (χ1v) is 8.40. The quantitative estimate of drug-likeness (QED) is 0.850. The molecular weight excluding hydrogens is 343 g/mol. The molecule has 0 aliphatic carbocycles. The molecule has 25 heavy (non-hydrogen) atoms. The van der Waals surface area contributed by atoms with E-state index < -0.39 is 0 Å². The van der Waals surface area contributed by atoms with Gasteiger partial charge in [-0.3, -0.25) is 9.58 Å². The number of benzene rings is 1. The predicted molar refractivity (Wildman–Crippen MR) is 98.3 cm³/mol. The number of rotatable bonds is 6. The Morgan fingerprint density at radius 1 is 1.24 bits per heavy atom. The van der Waals surface area contributed by atoms with Crippen LogP contribution in [0.25, 0.3) is 0 Å². The van der Waals surface area contributed by atoms with E-state index in [4.69, 9.17) is 10.5 Å². The van der Waals surface area contributed by atoms with Crippen LogP contribution in [0.1, 0.15) is 24.0 Å². The molecule has 2 unspecified atom stereocenters. The van der Waals surface area contributed by atoms with Crippen LogP contribution in [0, 0.1) is 5.82 Å². The Morgan fingerprint density at radius 2 is 2.00 bits per heavy atom. The average Bonchev–Trinajstić information content (AvgIpc) is 3.04. The fourth-order valence-corrected chi connectivity index (χ4v) is 3.32. The zero-order valence-corrected chi connectivity index (χ0v) is 15.3. The molecule has 2 heterocycles. The van der Waals surface area contributed by atoms with Gasteiger partial charge in [0.25, 0.3) is 0 Å². The summed E-state index contributed by atoms with van der Waals surface area (Å²) >= 11 is 0. The second-order valence-corrected chi connectivity index (χ2v) is 6.41. The van der Waals surface area contributed by atoms with Crippen molar-refractivity contribution in [3.63, 3.8) is 0 Å². The van der Waals surface area contributed by atoms with Gasteiger partial charge in [-0.2, -0.15) is 5.10 Å². The lowest BCUT2D eigenvalue weighted by atomic mass is 9.99. The number of nitrogens with zero attached hydrogens (tertiary/aromatic N) is 3. The zero-order chi connectivity index (χ0) is 16.9. The Morgan fingerprint density at radius 3 is 2.68 bits per heavy atom. The van der Waals surface area contributed by atoms with Crippen LogP contribution in [-0.2, 0) is 17.8 Å². The van der Waals surface area contributed by atoms with E-state index in [0.717, 1.165) is 31.5 Å². The smallest absolute Gasteiger partial charge is 0.123 e. The van der Waals surface area contributed by atoms with Crippen molar-refractivity contribution in [2.45, 2.75) is 38.1 Å². The van der Waals surface area contributed by atoms with E-state index in [9.17, 15) is 4.39 Å². The Balaban J connectivity index is 0.00000225. The standard InChI is InChI=1S/C18H25FN4O.ClH/c1-24-18-6-7-22(17(8-18)9-20)11-15-10-21-23(13-15)12-14-2-4-16(19)5-3-14;/h2-5,10,13,17-18H,6-9,11-12,20H2,1H3;1H. The van der Waals surface area contributed by atoms with E-state index in [1.54, 1.807) is 19.2 Å². The van der Waals surface area contributed by atoms with E-state index >= 15 is 0 Å². The highest BCUT2D eigenvalue weighted by molar-refractivity contribution is 5.85. The number of hydrogen-bond donors (Lipinski definition) is 1. The fourth-order valence-electron chi connectivity index (χ4n) is 3.32. The van der Waals surface area contributed by atoms with Crippen molar-refractivity contribution < 1.29 is 9.13 Å². The highest BCUT2D eigenvalue weighted by Crippen LogP contribution is 2.21. The summed E-state index contributed by atoms with van der Waals surface area (Å²) in [6, 6.07) is 6.88. The highest BCUT2D eigenvalue weighted by atomic mass is 35.5. The highest BCUT2D eigenvalue weighted by Gasteiger charge is 2.27. The molecule has 1 aromatic heterocycles. The molecule has 0 saturated carbocycles. The molecule has 1 aromatic carbocycles. The van der Waals surface area contributed by atoms with Crippen molar-refractivity contribution in [3.05, 3.63) is 53.6 Å². The summed E-state index contributed by atoms with van der Waals surface area (Å²) in [5, 5.41) is 4.42. The number of piperidine rings is 1. The molecule has 1 aliphatic heterocycles. The minimum absolute atomic E-state index is 0. The van der Waals surface area contributed by atoms with E-state index in [-0.39, 0.29) is 18.2 Å². The number of aromatic nitrogens is 2. The van der Waals surface area contributed by atoms with Gasteiger partial charge in [0.1, 0.15) is 5.82 Å². The van der Waals surface area contributed by atoms with Gasteiger partial charge in [0, 0.05) is 44.5 Å². The Labute approximate surface area is 154 Å². The number of likely N-dealkylation sites (tertiary alicyclic amines) is 1. The van der Waals surface area contributed by atoms with Crippen LogP contribution in [0.5, 0.6) is 0 Å². The Kier molecular flexibility index (Phi) is 7.38. The van der Waals surface area contributed by atoms with Gasteiger partial charge in [0.05, 0.1) is 18.8 Å². The first-order valence-electron chi connectivity index (χ1n) is 8.40. The van der Waals surface area contributed by atoms with Gasteiger partial charge < -0.3 is 10.5 Å². The van der Waals surface area contributed by atoms with Crippen LogP contribution in [0.15, 0.2) is 36.7 Å². The third-order valence-corrected chi connectivity index (χ3v) is 4.73. The van der Waals surface area contributed by atoms with Crippen molar-refractivity contribution in [1.82, 2.24) is 14.7 Å². The summed E-state index contributed by atoms with van der Waals surface area (Å²) in [5.41, 5.74) is 8.14. The normalized spacial score (nSPS) is 21.1. The van der Waals surface area contributed by atoms with Crippen LogP contribution in [0.3, 0.4) is 0 Å². The Hall–Kier alpha value is -1.47. The molecular formula is C18H26ClFN4O. The van der Waals surface area contributed by atoms with Crippen LogP contribution in [0.2, 0.25) is 0 Å². The molecule has 1 saturated heterocycles. The maximum absolute atomic E-state index is 13.0. The molecule has 3 rings (SSSR count). The van der Waals surface area contributed by atoms with Crippen LogP contribution in [0.4, 0.5) is 4.39 Å². The SMILES string of the molecule is COC1CCN(Cc2cnn(Cc3ccc(F)cc3)c2)C(CN)C1.Cl. The fraction of sp³-hybridized carbons (Fsp3) is 0.500. The van der Waals surface area contributed by atoms with Crippen molar-refractivity contribution >= 4 is 12.4 Å². The molecule has 1 aliphatic rings. The van der Waals surface area contributed by atoms with E-state index in [1.165, 1.54) is 17.7 Å². The van der Waals surface area contributed by atoms with Crippen molar-refractivity contribution in [1.29, 1.82) is 0 Å². The number of halogens is 2. The van der Waals surface area contributed by atoms with Crippen molar-refractivity contribution in [2.24, 2.45) is 5.73 Å². The monoisotopic (exact) mass is 368 g/mol. The molecule has 2 atom stereocenters. The van der Waals surface area contributed by atoms with Gasteiger partial charge in [0.15, 0.2) is 0 Å². The summed E-state index contributed by atoms with van der Waals surface area (Å²) in [6.45, 7) is 3.13. The minimum atomic E-state index is -0.216. The second kappa shape index (κ2) is 9.29. The second-order valence-electron chi connectivity index (χ2n) is 6.41. The van der Waals surface area contributed by atoms with Crippen molar-refractivity contribution in [3.8, 4) is 0 Å². The van der Waals surface area contributed by atoms with Gasteiger partial charge in [-0.1, -0.05) is 12.1 Å². The molecule has 0 amide bonds. The van der Waals surface area contributed by atoms with E-state index in [1.807, 2.05) is 10.9 Å². The summed E-state index contributed by atoms with van der Waals surface area (Å²) in [5.74, 6) is -0.216. The molecule has 138 valence electrons. The third kappa shape index (κ3) is 5.25. The molecule has 2 aromatic rings. The lowest BCUT2D eigenvalue weighted by Gasteiger charge is -2.38. The van der Waals surface area contributed by atoms with Gasteiger partial charge >= 0.3 is 0 Å². The number of ether oxygens (including phenoxy) is 1. The van der Waals surface area contributed by atoms with Crippen molar-refractivity contribution in [2.75, 3.05) is 20.2 Å². The summed E-state index contributed by atoms with van der Waals surface area (Å²) in [6.07, 6.45) is 6.29. The van der Waals surface area contributed by atoms with Crippen LogP contribution in [-0.4, -0.2) is 47.0 Å². The number of hydrogen-bond acceptors (Lipinski definition) is 4. The summed E-state index contributed by atoms with van der Waals surface area (Å²) < 4.78 is 20.3. The maximum Gasteiger partial charge on any atom is 0.123 e. The van der Waals surface area contributed by atoms with Gasteiger partial charge in [-0.15, -0.1) is 12.4 Å². The van der Waals surface area contributed by atoms with Crippen LogP contribution >= 0.6 is 12.4 Å². The van der Waals surface area contributed by atoms with Gasteiger partial charge in [-0.05, 0) is 30.5 Å². The Bertz CT molecular complexity index is 649. The zero-order valence-electron chi connectivity index (χ0n) is 14.5. The molecule has 0 bridgehead atoms. The molecule has 0 radical (unpaired) electrons.